The summed E-state index contributed by atoms with van der Waals surface area (Å²) in [5.74, 6) is -7.07. The number of ether oxygens (including phenoxy) is 1. The molecule has 3 heterocycles. The number of aromatic nitrogens is 5. The van der Waals surface area contributed by atoms with Gasteiger partial charge in [0.2, 0.25) is 15.9 Å². The van der Waals surface area contributed by atoms with E-state index in [-0.39, 0.29) is 66.7 Å². The Morgan fingerprint density at radius 1 is 1.14 bits per heavy atom. The van der Waals surface area contributed by atoms with E-state index < -0.39 is 92.4 Å². The van der Waals surface area contributed by atoms with Crippen LogP contribution in [0.4, 0.5) is 36.6 Å². The molecule has 7 rings (SSSR count). The average Bonchev–Trinajstić information content (AvgIpc) is 3.62. The van der Waals surface area contributed by atoms with Crippen LogP contribution in [-0.4, -0.2) is 62.9 Å². The molecule has 0 radical (unpaired) electrons. The molecule has 0 spiro atoms. The van der Waals surface area contributed by atoms with Crippen molar-refractivity contribution in [1.82, 2.24) is 24.5 Å². The van der Waals surface area contributed by atoms with Crippen molar-refractivity contribution in [1.29, 1.82) is 0 Å². The van der Waals surface area contributed by atoms with Gasteiger partial charge < -0.3 is 15.6 Å². The van der Waals surface area contributed by atoms with Crippen molar-refractivity contribution in [3.8, 4) is 28.7 Å². The number of carbonyl (C=O) groups excluding carboxylic acids is 1. The van der Waals surface area contributed by atoms with Crippen molar-refractivity contribution in [3.05, 3.63) is 87.0 Å². The van der Waals surface area contributed by atoms with Crippen molar-refractivity contribution in [2.24, 2.45) is 18.7 Å². The standard InChI is InChI=1S/C38H33ClF7N7O5S/c1-36(2,55)9-8-25-26(58-4)15-20(19-6-7-24(39)28-30(19)52(3)50-35(28)51-59(5,56)57)29(48-25)22(12-16-10-17(40)13-18(41)11-16)31(34(47)54)53-33-27(32(49-53)38(44,45)46)21-14-23(21)37(33,42)43/h6-7,10-11,13,15,21-23,31,55H,12,14H2,1-5H3,(H2,47,54)(H,50,51)/t21-,22+,23+,31?/m0/s1. The zero-order valence-corrected chi connectivity index (χ0v) is 33.1. The summed E-state index contributed by atoms with van der Waals surface area (Å²) < 4.78 is 140. The topological polar surface area (TPSA) is 167 Å². The Labute approximate surface area is 336 Å². The number of hydrogen-bond donors (Lipinski definition) is 3. The van der Waals surface area contributed by atoms with Crippen LogP contribution in [0, 0.1) is 29.4 Å². The SMILES string of the molecule is COc1cc(-c2ccc(Cl)c3c(NS(C)(=O)=O)nn(C)c23)c([C@@H](Cc2cc(F)cc(F)c2)C(C(N)=O)n2nc(C(F)(F)F)c3c2C(F)(F)[C@@H]2C[C@H]32)nc1C#CC(C)(C)O. The number of nitrogens with zero attached hydrogens (tertiary/aromatic N) is 5. The second kappa shape index (κ2) is 14.1. The normalized spacial score (nSPS) is 18.1. The number of rotatable bonds is 10. The maximum absolute atomic E-state index is 16.1. The lowest BCUT2D eigenvalue weighted by Crippen LogP contribution is -2.37. The predicted octanol–water partition coefficient (Wildman–Crippen LogP) is 6.55. The average molecular weight is 868 g/mol. The molecule has 12 nitrogen and oxygen atoms in total. The van der Waals surface area contributed by atoms with Crippen molar-refractivity contribution in [3.63, 3.8) is 0 Å². The lowest BCUT2D eigenvalue weighted by molar-refractivity contribution is -0.142. The second-order valence-electron chi connectivity index (χ2n) is 15.0. The van der Waals surface area contributed by atoms with Crippen molar-refractivity contribution in [2.45, 2.75) is 62.3 Å². The fourth-order valence-corrected chi connectivity index (χ4v) is 8.50. The highest BCUT2D eigenvalue weighted by molar-refractivity contribution is 7.92. The molecule has 2 aliphatic carbocycles. The minimum absolute atomic E-state index is 0.00603. The largest absolute Gasteiger partial charge is 0.494 e. The van der Waals surface area contributed by atoms with E-state index in [0.717, 1.165) is 18.4 Å². The number of aliphatic hydroxyl groups is 1. The number of primary amides is 1. The quantitative estimate of drug-likeness (QED) is 0.105. The van der Waals surface area contributed by atoms with Gasteiger partial charge in [-0.1, -0.05) is 23.6 Å². The smallest absolute Gasteiger partial charge is 0.435 e. The third-order valence-electron chi connectivity index (χ3n) is 10.1. The number of nitrogens with one attached hydrogen (secondary N) is 1. The van der Waals surface area contributed by atoms with Gasteiger partial charge in [0.1, 0.15) is 29.0 Å². The lowest BCUT2D eigenvalue weighted by atomic mass is 9.83. The summed E-state index contributed by atoms with van der Waals surface area (Å²) >= 11 is 6.60. The van der Waals surface area contributed by atoms with Gasteiger partial charge in [0.25, 0.3) is 5.92 Å². The molecule has 59 heavy (non-hydrogen) atoms. The highest BCUT2D eigenvalue weighted by atomic mass is 35.5. The lowest BCUT2D eigenvalue weighted by Gasteiger charge is -2.30. The van der Waals surface area contributed by atoms with Crippen LogP contribution in [0.1, 0.15) is 72.0 Å². The molecule has 4 N–H and O–H groups in total. The van der Waals surface area contributed by atoms with Crippen LogP contribution in [0.25, 0.3) is 22.0 Å². The molecule has 312 valence electrons. The number of anilines is 1. The molecular formula is C38H33ClF7N7O5S. The predicted molar refractivity (Wildman–Crippen MR) is 200 cm³/mol. The molecule has 1 amide bonds. The van der Waals surface area contributed by atoms with Crippen LogP contribution < -0.4 is 15.2 Å². The van der Waals surface area contributed by atoms with Gasteiger partial charge in [0, 0.05) is 41.6 Å². The maximum atomic E-state index is 16.1. The summed E-state index contributed by atoms with van der Waals surface area (Å²) in [7, 11) is -1.27. The van der Waals surface area contributed by atoms with E-state index in [0.29, 0.717) is 6.07 Å². The van der Waals surface area contributed by atoms with E-state index >= 15 is 8.78 Å². The monoisotopic (exact) mass is 867 g/mol. The molecule has 4 atom stereocenters. The minimum atomic E-state index is -5.25. The van der Waals surface area contributed by atoms with Crippen LogP contribution in [0.15, 0.2) is 36.4 Å². The fourth-order valence-electron chi connectivity index (χ4n) is 7.77. The number of benzene rings is 2. The Bertz CT molecular complexity index is 2730. The van der Waals surface area contributed by atoms with Gasteiger partial charge in [-0.15, -0.1) is 0 Å². The molecular weight excluding hydrogens is 835 g/mol. The fraction of sp³-hybridized carbons (Fsp3) is 0.368. The van der Waals surface area contributed by atoms with E-state index in [1.54, 1.807) is 0 Å². The van der Waals surface area contributed by atoms with Crippen LogP contribution in [0.3, 0.4) is 0 Å². The number of amides is 1. The Hall–Kier alpha value is -5.39. The number of aryl methyl sites for hydroxylation is 1. The van der Waals surface area contributed by atoms with Gasteiger partial charge in [-0.05, 0) is 68.4 Å². The molecule has 2 aliphatic rings. The van der Waals surface area contributed by atoms with Crippen LogP contribution in [-0.2, 0) is 40.4 Å². The third kappa shape index (κ3) is 7.66. The van der Waals surface area contributed by atoms with Crippen LogP contribution in [0.5, 0.6) is 5.75 Å². The van der Waals surface area contributed by atoms with E-state index in [1.165, 1.54) is 50.9 Å². The number of hydrogen-bond acceptors (Lipinski definition) is 8. The first-order valence-electron chi connectivity index (χ1n) is 17.6. The van der Waals surface area contributed by atoms with Gasteiger partial charge in [-0.3, -0.25) is 14.2 Å². The van der Waals surface area contributed by atoms with Crippen LogP contribution >= 0.6 is 11.6 Å². The number of halogens is 8. The number of carbonyl (C=O) groups is 1. The highest BCUT2D eigenvalue weighted by Crippen LogP contribution is 2.69. The summed E-state index contributed by atoms with van der Waals surface area (Å²) in [6, 6.07) is 4.17. The van der Waals surface area contributed by atoms with Crippen molar-refractivity contribution >= 4 is 44.3 Å². The van der Waals surface area contributed by atoms with Gasteiger partial charge >= 0.3 is 6.18 Å². The van der Waals surface area contributed by atoms with Gasteiger partial charge in [0.05, 0.1) is 35.0 Å². The second-order valence-corrected chi connectivity index (χ2v) is 17.2. The maximum Gasteiger partial charge on any atom is 0.435 e. The Balaban J connectivity index is 1.61. The zero-order chi connectivity index (χ0) is 43.3. The van der Waals surface area contributed by atoms with Crippen molar-refractivity contribution < 1.29 is 53.8 Å². The molecule has 2 aromatic carbocycles. The van der Waals surface area contributed by atoms with E-state index in [9.17, 15) is 40.3 Å². The summed E-state index contributed by atoms with van der Waals surface area (Å²) in [5, 5.41) is 18.4. The number of nitrogens with two attached hydrogens (primary N) is 1. The van der Waals surface area contributed by atoms with E-state index in [1.807, 2.05) is 0 Å². The minimum Gasteiger partial charge on any atom is -0.494 e. The first kappa shape index (κ1) is 41.8. The Kier molecular flexibility index (Phi) is 10.00. The molecule has 21 heteroatoms. The molecule has 1 fully saturated rings. The number of alkyl halides is 5. The molecule has 1 unspecified atom stereocenters. The van der Waals surface area contributed by atoms with Gasteiger partial charge in [-0.2, -0.15) is 32.1 Å². The van der Waals surface area contributed by atoms with Gasteiger partial charge in [0.15, 0.2) is 23.0 Å². The molecule has 1 saturated carbocycles. The van der Waals surface area contributed by atoms with Crippen molar-refractivity contribution in [2.75, 3.05) is 18.1 Å². The summed E-state index contributed by atoms with van der Waals surface area (Å²) in [4.78, 5) is 18.5. The van der Waals surface area contributed by atoms with E-state index in [2.05, 4.69) is 26.8 Å². The summed E-state index contributed by atoms with van der Waals surface area (Å²) in [5.41, 5.74) is 0.239. The Morgan fingerprint density at radius 3 is 2.37 bits per heavy atom. The third-order valence-corrected chi connectivity index (χ3v) is 10.9. The molecule has 5 aromatic rings. The first-order valence-corrected chi connectivity index (χ1v) is 19.9. The molecule has 3 aromatic heterocycles. The van der Waals surface area contributed by atoms with E-state index in [4.69, 9.17) is 27.1 Å². The summed E-state index contributed by atoms with van der Waals surface area (Å²) in [6.07, 6.45) is -5.31. The molecule has 0 bridgehead atoms. The Morgan fingerprint density at radius 2 is 1.80 bits per heavy atom. The van der Waals surface area contributed by atoms with Crippen LogP contribution in [0.2, 0.25) is 5.02 Å². The zero-order valence-electron chi connectivity index (χ0n) is 31.5. The first-order chi connectivity index (χ1) is 27.3. The number of sulfonamides is 1. The summed E-state index contributed by atoms with van der Waals surface area (Å²) in [6.45, 7) is 2.70. The highest BCUT2D eigenvalue weighted by Gasteiger charge is 2.69. The number of methoxy groups -OCH3 is 1. The number of fused-ring (bicyclic) bond motifs is 4. The van der Waals surface area contributed by atoms with Gasteiger partial charge in [-0.25, -0.2) is 26.9 Å². The molecule has 0 aliphatic heterocycles. The molecule has 0 saturated heterocycles. The number of pyridine rings is 1.